The number of ether oxygens (including phenoxy) is 1. The Kier molecular flexibility index (Phi) is 6.18. The summed E-state index contributed by atoms with van der Waals surface area (Å²) >= 11 is 0. The molecule has 2 rings (SSSR count). The standard InChI is InChI=1S/C19H24N2O5/c1-26-18(25)14(21)10-19(8-7-15(22)16(23)11-19)17(24)13(20)9-12-5-3-2-4-6-12/h2-8,13-14,22-23H,9-11,20-21H2,1H3/t13-,14-,19?/m0/s1. The first-order chi connectivity index (χ1) is 12.3. The number of nitrogens with two attached hydrogens (primary N) is 2. The minimum Gasteiger partial charge on any atom is -0.508 e. The number of carbonyl (C=O) groups is 2. The van der Waals surface area contributed by atoms with Crippen molar-refractivity contribution in [3.05, 3.63) is 59.6 Å². The van der Waals surface area contributed by atoms with Crippen molar-refractivity contribution in [3.8, 4) is 0 Å². The highest BCUT2D eigenvalue weighted by atomic mass is 16.5. The maximum atomic E-state index is 13.1. The van der Waals surface area contributed by atoms with Crippen molar-refractivity contribution in [2.45, 2.75) is 31.3 Å². The van der Waals surface area contributed by atoms with Gasteiger partial charge in [0.25, 0.3) is 0 Å². The fourth-order valence-corrected chi connectivity index (χ4v) is 3.15. The van der Waals surface area contributed by atoms with Gasteiger partial charge in [0.15, 0.2) is 11.5 Å². The van der Waals surface area contributed by atoms with Crippen LogP contribution >= 0.6 is 0 Å². The number of benzene rings is 1. The number of rotatable bonds is 7. The van der Waals surface area contributed by atoms with Crippen molar-refractivity contribution in [2.75, 3.05) is 7.11 Å². The number of carbonyl (C=O) groups excluding carboxylic acids is 2. The fourth-order valence-electron chi connectivity index (χ4n) is 3.15. The molecule has 140 valence electrons. The molecule has 1 aromatic rings. The van der Waals surface area contributed by atoms with Crippen LogP contribution < -0.4 is 11.5 Å². The largest absolute Gasteiger partial charge is 0.508 e. The van der Waals surface area contributed by atoms with E-state index in [-0.39, 0.29) is 30.1 Å². The molecule has 0 heterocycles. The van der Waals surface area contributed by atoms with Gasteiger partial charge in [0.2, 0.25) is 0 Å². The molecule has 0 bridgehead atoms. The summed E-state index contributed by atoms with van der Waals surface area (Å²) in [4.78, 5) is 24.8. The number of aliphatic hydroxyl groups is 2. The minimum absolute atomic E-state index is 0.0885. The van der Waals surface area contributed by atoms with E-state index in [4.69, 9.17) is 11.5 Å². The zero-order valence-corrected chi connectivity index (χ0v) is 14.6. The molecule has 1 aliphatic carbocycles. The van der Waals surface area contributed by atoms with Gasteiger partial charge in [-0.3, -0.25) is 9.59 Å². The van der Waals surface area contributed by atoms with Gasteiger partial charge in [-0.1, -0.05) is 36.4 Å². The Morgan fingerprint density at radius 2 is 1.85 bits per heavy atom. The van der Waals surface area contributed by atoms with Gasteiger partial charge in [0, 0.05) is 6.42 Å². The molecule has 0 aromatic heterocycles. The van der Waals surface area contributed by atoms with Gasteiger partial charge in [-0.25, -0.2) is 0 Å². The highest BCUT2D eigenvalue weighted by Gasteiger charge is 2.44. The molecular weight excluding hydrogens is 336 g/mol. The second-order valence-corrected chi connectivity index (χ2v) is 6.49. The predicted octanol–water partition coefficient (Wildman–Crippen LogP) is 1.29. The monoisotopic (exact) mass is 360 g/mol. The summed E-state index contributed by atoms with van der Waals surface area (Å²) in [6, 6.07) is 7.36. The molecule has 0 amide bonds. The Balaban J connectivity index is 2.27. The number of hydrogen-bond acceptors (Lipinski definition) is 7. The van der Waals surface area contributed by atoms with Crippen LogP contribution in [-0.4, -0.2) is 41.2 Å². The maximum Gasteiger partial charge on any atom is 0.322 e. The van der Waals surface area contributed by atoms with Crippen LogP contribution in [0.4, 0.5) is 0 Å². The molecule has 3 atom stereocenters. The molecule has 7 heteroatoms. The quantitative estimate of drug-likeness (QED) is 0.538. The van der Waals surface area contributed by atoms with Crippen LogP contribution in [-0.2, 0) is 20.7 Å². The van der Waals surface area contributed by atoms with Crippen LogP contribution in [0.25, 0.3) is 0 Å². The van der Waals surface area contributed by atoms with Gasteiger partial charge in [0.1, 0.15) is 11.8 Å². The molecule has 26 heavy (non-hydrogen) atoms. The number of allylic oxidation sites excluding steroid dienone is 3. The molecule has 0 radical (unpaired) electrons. The average Bonchev–Trinajstić information content (AvgIpc) is 2.64. The molecule has 0 saturated carbocycles. The molecule has 0 saturated heterocycles. The second-order valence-electron chi connectivity index (χ2n) is 6.49. The Labute approximate surface area is 151 Å². The van der Waals surface area contributed by atoms with Crippen LogP contribution in [0.5, 0.6) is 0 Å². The molecule has 1 unspecified atom stereocenters. The zero-order valence-electron chi connectivity index (χ0n) is 14.6. The summed E-state index contributed by atoms with van der Waals surface area (Å²) in [5.41, 5.74) is 11.6. The number of hydrogen-bond donors (Lipinski definition) is 4. The highest BCUT2D eigenvalue weighted by molar-refractivity contribution is 5.93. The van der Waals surface area contributed by atoms with Crippen LogP contribution in [0.15, 0.2) is 54.0 Å². The summed E-state index contributed by atoms with van der Waals surface area (Å²) < 4.78 is 4.63. The number of Topliss-reactive ketones (excluding diaryl/α,β-unsaturated/α-hetero) is 1. The summed E-state index contributed by atoms with van der Waals surface area (Å²) in [6.07, 6.45) is 2.73. The topological polar surface area (TPSA) is 136 Å². The lowest BCUT2D eigenvalue weighted by molar-refractivity contribution is -0.143. The number of ketones is 1. The Bertz CT molecular complexity index is 729. The summed E-state index contributed by atoms with van der Waals surface area (Å²) in [5.74, 6) is -1.70. The lowest BCUT2D eigenvalue weighted by atomic mass is 9.70. The van der Waals surface area contributed by atoms with Crippen molar-refractivity contribution in [1.29, 1.82) is 0 Å². The Morgan fingerprint density at radius 1 is 1.19 bits per heavy atom. The van der Waals surface area contributed by atoms with E-state index < -0.39 is 23.5 Å². The van der Waals surface area contributed by atoms with E-state index in [1.807, 2.05) is 30.3 Å². The molecular formula is C19H24N2O5. The third kappa shape index (κ3) is 4.30. The molecule has 0 spiro atoms. The van der Waals surface area contributed by atoms with Crippen LogP contribution in [0.3, 0.4) is 0 Å². The first kappa shape index (κ1) is 19.7. The minimum atomic E-state index is -1.29. The number of aliphatic hydroxyl groups excluding tert-OH is 2. The van der Waals surface area contributed by atoms with Gasteiger partial charge in [-0.05, 0) is 24.5 Å². The van der Waals surface area contributed by atoms with Crippen molar-refractivity contribution in [1.82, 2.24) is 0 Å². The third-order valence-corrected chi connectivity index (χ3v) is 4.55. The molecule has 1 aliphatic rings. The van der Waals surface area contributed by atoms with Gasteiger partial charge in [-0.15, -0.1) is 0 Å². The van der Waals surface area contributed by atoms with Gasteiger partial charge in [-0.2, -0.15) is 0 Å². The van der Waals surface area contributed by atoms with Gasteiger partial charge in [0.05, 0.1) is 18.6 Å². The van der Waals surface area contributed by atoms with Crippen molar-refractivity contribution in [2.24, 2.45) is 16.9 Å². The fraction of sp³-hybridized carbons (Fsp3) is 0.368. The van der Waals surface area contributed by atoms with E-state index in [1.165, 1.54) is 19.3 Å². The third-order valence-electron chi connectivity index (χ3n) is 4.55. The normalized spacial score (nSPS) is 22.0. The van der Waals surface area contributed by atoms with Gasteiger partial charge >= 0.3 is 5.97 Å². The van der Waals surface area contributed by atoms with Crippen LogP contribution in [0, 0.1) is 5.41 Å². The van der Waals surface area contributed by atoms with Crippen molar-refractivity contribution < 1.29 is 24.5 Å². The van der Waals surface area contributed by atoms with Gasteiger partial charge < -0.3 is 26.4 Å². The van der Waals surface area contributed by atoms with Crippen molar-refractivity contribution in [3.63, 3.8) is 0 Å². The number of methoxy groups -OCH3 is 1. The first-order valence-corrected chi connectivity index (χ1v) is 8.26. The zero-order chi connectivity index (χ0) is 19.3. The molecule has 0 aliphatic heterocycles. The lowest BCUT2D eigenvalue weighted by Gasteiger charge is -2.35. The van der Waals surface area contributed by atoms with E-state index in [0.717, 1.165) is 5.56 Å². The van der Waals surface area contributed by atoms with Crippen LogP contribution in [0.1, 0.15) is 18.4 Å². The molecule has 0 fully saturated rings. The molecule has 7 nitrogen and oxygen atoms in total. The van der Waals surface area contributed by atoms with E-state index in [9.17, 15) is 19.8 Å². The predicted molar refractivity (Wildman–Crippen MR) is 96.2 cm³/mol. The maximum absolute atomic E-state index is 13.1. The van der Waals surface area contributed by atoms with E-state index in [2.05, 4.69) is 4.74 Å². The first-order valence-electron chi connectivity index (χ1n) is 8.26. The van der Waals surface area contributed by atoms with Crippen molar-refractivity contribution >= 4 is 11.8 Å². The van der Waals surface area contributed by atoms with E-state index in [0.29, 0.717) is 6.42 Å². The Hall–Kier alpha value is -2.64. The average molecular weight is 360 g/mol. The smallest absolute Gasteiger partial charge is 0.322 e. The summed E-state index contributed by atoms with van der Waals surface area (Å²) in [5, 5.41) is 19.6. The second kappa shape index (κ2) is 8.16. The van der Waals surface area contributed by atoms with Crippen LogP contribution in [0.2, 0.25) is 0 Å². The molecule has 6 N–H and O–H groups in total. The van der Waals surface area contributed by atoms with E-state index in [1.54, 1.807) is 0 Å². The number of esters is 1. The van der Waals surface area contributed by atoms with E-state index >= 15 is 0 Å². The Morgan fingerprint density at radius 3 is 2.42 bits per heavy atom. The SMILES string of the molecule is COC(=O)[C@@H](N)CC1(C(=O)[C@@H](N)Cc2ccccc2)C=CC(O)=C(O)C1. The molecule has 1 aromatic carbocycles. The summed E-state index contributed by atoms with van der Waals surface area (Å²) in [7, 11) is 1.21. The highest BCUT2D eigenvalue weighted by Crippen LogP contribution is 2.39. The lowest BCUT2D eigenvalue weighted by Crippen LogP contribution is -2.49. The summed E-state index contributed by atoms with van der Waals surface area (Å²) in [6.45, 7) is 0.